The summed E-state index contributed by atoms with van der Waals surface area (Å²) >= 11 is 0. The first kappa shape index (κ1) is 62.4. The summed E-state index contributed by atoms with van der Waals surface area (Å²) in [5, 5.41) is 40.0. The number of aliphatic hydroxyl groups is 3. The first-order valence-corrected chi connectivity index (χ1v) is 27.5. The minimum Gasteiger partial charge on any atom is -0.479 e. The van der Waals surface area contributed by atoms with Crippen molar-refractivity contribution in [3.05, 3.63) is 36.5 Å². The van der Waals surface area contributed by atoms with Gasteiger partial charge in [0.05, 0.1) is 6.61 Å². The van der Waals surface area contributed by atoms with Crippen LogP contribution in [0.5, 0.6) is 0 Å². The van der Waals surface area contributed by atoms with Gasteiger partial charge in [-0.2, -0.15) is 0 Å². The number of hydrogen-bond acceptors (Lipinski definition) is 10. The van der Waals surface area contributed by atoms with E-state index in [4.69, 9.17) is 18.9 Å². The molecule has 1 heterocycles. The number of unbranched alkanes of at least 4 members (excludes halogenated alkanes) is 30. The van der Waals surface area contributed by atoms with E-state index in [1.807, 2.05) is 0 Å². The fourth-order valence-electron chi connectivity index (χ4n) is 8.38. The van der Waals surface area contributed by atoms with E-state index in [0.717, 1.165) is 51.4 Å². The Morgan fingerprint density at radius 3 is 1.27 bits per heavy atom. The first-order valence-electron chi connectivity index (χ1n) is 27.5. The Bertz CT molecular complexity index is 1250. The van der Waals surface area contributed by atoms with E-state index in [0.29, 0.717) is 12.8 Å². The highest BCUT2D eigenvalue weighted by molar-refractivity contribution is 5.73. The van der Waals surface area contributed by atoms with Crippen LogP contribution in [0.3, 0.4) is 0 Å². The van der Waals surface area contributed by atoms with Gasteiger partial charge in [-0.1, -0.05) is 204 Å². The molecule has 390 valence electrons. The van der Waals surface area contributed by atoms with Gasteiger partial charge in [-0.3, -0.25) is 9.59 Å². The van der Waals surface area contributed by atoms with E-state index in [1.54, 1.807) is 0 Å². The van der Waals surface area contributed by atoms with Crippen molar-refractivity contribution in [2.45, 2.75) is 288 Å². The molecule has 0 amide bonds. The smallest absolute Gasteiger partial charge is 0.335 e. The van der Waals surface area contributed by atoms with E-state index in [9.17, 15) is 34.8 Å². The number of hydrogen-bond donors (Lipinski definition) is 4. The highest BCUT2D eigenvalue weighted by Crippen LogP contribution is 2.23. The molecule has 6 unspecified atom stereocenters. The van der Waals surface area contributed by atoms with Crippen LogP contribution in [-0.4, -0.2) is 88.4 Å². The van der Waals surface area contributed by atoms with Crippen LogP contribution in [0.4, 0.5) is 0 Å². The number of carbonyl (C=O) groups is 3. The Balaban J connectivity index is 2.26. The summed E-state index contributed by atoms with van der Waals surface area (Å²) in [6, 6.07) is 0. The molecule has 0 bridgehead atoms. The molecule has 0 aromatic carbocycles. The Labute approximate surface area is 408 Å². The van der Waals surface area contributed by atoms with Gasteiger partial charge < -0.3 is 39.4 Å². The van der Waals surface area contributed by atoms with Gasteiger partial charge >= 0.3 is 17.9 Å². The molecule has 6 atom stereocenters. The SMILES string of the molecule is CCCCCC/C=C\C/C=C\CCCCCCCCCC(=O)OCC(COC1OC(C(=O)O)C(O)C(O)C1O)OC(=O)CCCCCCCCCCCCC/C=C\CCCCCCCCCC. The lowest BCUT2D eigenvalue weighted by atomic mass is 9.99. The highest BCUT2D eigenvalue weighted by Gasteiger charge is 2.47. The molecule has 1 fully saturated rings. The Kier molecular flexibility index (Phi) is 42.7. The number of carbonyl (C=O) groups excluding carboxylic acids is 2. The molecule has 4 N–H and O–H groups in total. The van der Waals surface area contributed by atoms with Crippen molar-refractivity contribution in [1.82, 2.24) is 0 Å². The second-order valence-electron chi connectivity index (χ2n) is 19.1. The van der Waals surface area contributed by atoms with Crippen molar-refractivity contribution < 1.29 is 53.8 Å². The first-order chi connectivity index (χ1) is 32.7. The Morgan fingerprint density at radius 2 is 0.836 bits per heavy atom. The summed E-state index contributed by atoms with van der Waals surface area (Å²) in [6.45, 7) is 3.83. The van der Waals surface area contributed by atoms with Crippen molar-refractivity contribution in [2.24, 2.45) is 0 Å². The van der Waals surface area contributed by atoms with Crippen molar-refractivity contribution >= 4 is 17.9 Å². The van der Waals surface area contributed by atoms with Crippen LogP contribution in [0, 0.1) is 0 Å². The summed E-state index contributed by atoms with van der Waals surface area (Å²) in [6.07, 6.45) is 46.2. The summed E-state index contributed by atoms with van der Waals surface area (Å²) < 4.78 is 21.9. The zero-order valence-corrected chi connectivity index (χ0v) is 42.7. The minimum atomic E-state index is -1.86. The van der Waals surface area contributed by atoms with Gasteiger partial charge in [0.1, 0.15) is 24.9 Å². The third-order valence-electron chi connectivity index (χ3n) is 12.7. The van der Waals surface area contributed by atoms with E-state index in [-0.39, 0.29) is 19.4 Å². The topological polar surface area (TPSA) is 169 Å². The number of carboxylic acids is 1. The molecule has 1 aliphatic rings. The average Bonchev–Trinajstić information content (AvgIpc) is 3.31. The van der Waals surface area contributed by atoms with E-state index in [1.165, 1.54) is 161 Å². The molecule has 0 spiro atoms. The highest BCUT2D eigenvalue weighted by atomic mass is 16.7. The monoisotopic (exact) mass is 949 g/mol. The number of aliphatic carboxylic acids is 1. The second kappa shape index (κ2) is 45.8. The average molecular weight is 949 g/mol. The third kappa shape index (κ3) is 37.0. The number of allylic oxidation sites excluding steroid dienone is 6. The van der Waals surface area contributed by atoms with E-state index in [2.05, 4.69) is 50.3 Å². The molecule has 0 aliphatic carbocycles. The molecule has 1 saturated heterocycles. The normalized spacial score (nSPS) is 19.2. The number of rotatable bonds is 47. The second-order valence-corrected chi connectivity index (χ2v) is 19.1. The zero-order valence-electron chi connectivity index (χ0n) is 42.7. The Morgan fingerprint density at radius 1 is 0.463 bits per heavy atom. The van der Waals surface area contributed by atoms with E-state index >= 15 is 0 Å². The summed E-state index contributed by atoms with van der Waals surface area (Å²) in [7, 11) is 0. The van der Waals surface area contributed by atoms with Crippen molar-refractivity contribution in [3.63, 3.8) is 0 Å². The van der Waals surface area contributed by atoms with Crippen LogP contribution < -0.4 is 0 Å². The zero-order chi connectivity index (χ0) is 48.8. The molecule has 0 saturated carbocycles. The van der Waals surface area contributed by atoms with Gasteiger partial charge in [0.25, 0.3) is 0 Å². The van der Waals surface area contributed by atoms with Crippen molar-refractivity contribution in [3.8, 4) is 0 Å². The summed E-state index contributed by atoms with van der Waals surface area (Å²) in [5.74, 6) is -2.44. The molecule has 1 rings (SSSR count). The van der Waals surface area contributed by atoms with Crippen LogP contribution in [0.25, 0.3) is 0 Å². The molecular formula is C56H100O11. The fourth-order valence-corrected chi connectivity index (χ4v) is 8.38. The lowest BCUT2D eigenvalue weighted by molar-refractivity contribution is -0.298. The molecule has 0 aromatic rings. The van der Waals surface area contributed by atoms with Crippen LogP contribution >= 0.6 is 0 Å². The molecule has 67 heavy (non-hydrogen) atoms. The van der Waals surface area contributed by atoms with Crippen LogP contribution in [0.2, 0.25) is 0 Å². The predicted molar refractivity (Wildman–Crippen MR) is 271 cm³/mol. The van der Waals surface area contributed by atoms with Crippen molar-refractivity contribution in [1.29, 1.82) is 0 Å². The maximum absolute atomic E-state index is 12.9. The number of ether oxygens (including phenoxy) is 4. The third-order valence-corrected chi connectivity index (χ3v) is 12.7. The van der Waals surface area contributed by atoms with Gasteiger partial charge in [0, 0.05) is 12.8 Å². The summed E-state index contributed by atoms with van der Waals surface area (Å²) in [5.41, 5.74) is 0. The number of esters is 2. The standard InChI is InChI=1S/C56H100O11/c1-3-5-7-9-11-13-15-17-19-21-23-24-25-26-27-29-31-33-35-37-39-41-43-45-50(58)66-48(47-65-56-53(61)51(59)52(60)54(67-56)55(62)63)46-64-49(57)44-42-40-38-36-34-32-30-28-22-20-18-16-14-12-10-8-6-4-2/h14,16,20-23,48,51-54,56,59-61H,3-13,15,17-19,24-47H2,1-2H3,(H,62,63)/b16-14-,22-20-,23-21-. The van der Waals surface area contributed by atoms with Crippen molar-refractivity contribution in [2.75, 3.05) is 13.2 Å². The van der Waals surface area contributed by atoms with Crippen LogP contribution in [0.15, 0.2) is 36.5 Å². The molecule has 0 radical (unpaired) electrons. The lowest BCUT2D eigenvalue weighted by Crippen LogP contribution is -2.60. The molecular weight excluding hydrogens is 849 g/mol. The molecule has 11 nitrogen and oxygen atoms in total. The van der Waals surface area contributed by atoms with Gasteiger partial charge in [-0.15, -0.1) is 0 Å². The molecule has 0 aromatic heterocycles. The number of carboxylic acid groups (broad SMARTS) is 1. The number of aliphatic hydroxyl groups excluding tert-OH is 3. The Hall–Kier alpha value is -2.57. The summed E-state index contributed by atoms with van der Waals surface area (Å²) in [4.78, 5) is 37.1. The van der Waals surface area contributed by atoms with Gasteiger partial charge in [0.2, 0.25) is 0 Å². The fraction of sp³-hybridized carbons (Fsp3) is 0.839. The van der Waals surface area contributed by atoms with Crippen LogP contribution in [0.1, 0.15) is 251 Å². The lowest BCUT2D eigenvalue weighted by Gasteiger charge is -2.38. The maximum Gasteiger partial charge on any atom is 0.335 e. The molecule has 1 aliphatic heterocycles. The van der Waals surface area contributed by atoms with Crippen LogP contribution in [-0.2, 0) is 33.3 Å². The quantitative estimate of drug-likeness (QED) is 0.0260. The van der Waals surface area contributed by atoms with Gasteiger partial charge in [0.15, 0.2) is 18.5 Å². The van der Waals surface area contributed by atoms with E-state index < -0.39 is 61.3 Å². The predicted octanol–water partition coefficient (Wildman–Crippen LogP) is 13.5. The maximum atomic E-state index is 12.9. The molecule has 11 heteroatoms. The minimum absolute atomic E-state index is 0.182. The largest absolute Gasteiger partial charge is 0.479 e. The van der Waals surface area contributed by atoms with Gasteiger partial charge in [-0.25, -0.2) is 4.79 Å². The van der Waals surface area contributed by atoms with Gasteiger partial charge in [-0.05, 0) is 70.6 Å².